The van der Waals surface area contributed by atoms with Crippen LogP contribution in [0.5, 0.6) is 5.88 Å². The molecule has 0 radical (unpaired) electrons. The van der Waals surface area contributed by atoms with Crippen molar-refractivity contribution >= 4 is 5.82 Å². The maximum atomic E-state index is 5.91. The molecule has 0 unspecified atom stereocenters. The third-order valence-corrected chi connectivity index (χ3v) is 3.52. The molecule has 5 nitrogen and oxygen atoms in total. The number of likely N-dealkylation sites (tertiary alicyclic amines) is 1. The van der Waals surface area contributed by atoms with Gasteiger partial charge in [-0.1, -0.05) is 13.8 Å². The Morgan fingerprint density at radius 2 is 1.95 bits per heavy atom. The molecule has 2 heterocycles. The van der Waals surface area contributed by atoms with Crippen LogP contribution in [0.3, 0.4) is 0 Å². The van der Waals surface area contributed by atoms with Gasteiger partial charge >= 0.3 is 0 Å². The van der Waals surface area contributed by atoms with E-state index in [1.165, 1.54) is 25.9 Å². The smallest absolute Gasteiger partial charge is 0.221 e. The summed E-state index contributed by atoms with van der Waals surface area (Å²) >= 11 is 0. The van der Waals surface area contributed by atoms with Crippen molar-refractivity contribution < 1.29 is 4.74 Å². The predicted octanol–water partition coefficient (Wildman–Crippen LogP) is 1.97. The summed E-state index contributed by atoms with van der Waals surface area (Å²) in [7, 11) is 0. The molecule has 1 aliphatic heterocycles. The van der Waals surface area contributed by atoms with E-state index in [0.29, 0.717) is 18.3 Å². The zero-order valence-corrected chi connectivity index (χ0v) is 12.1. The zero-order chi connectivity index (χ0) is 13.8. The number of nitrogens with two attached hydrogens (primary N) is 1. The fourth-order valence-corrected chi connectivity index (χ4v) is 2.21. The zero-order valence-electron chi connectivity index (χ0n) is 12.1. The van der Waals surface area contributed by atoms with Gasteiger partial charge in [0.2, 0.25) is 5.88 Å². The van der Waals surface area contributed by atoms with Crippen LogP contribution >= 0.6 is 0 Å². The minimum Gasteiger partial charge on any atom is -0.476 e. The fourth-order valence-electron chi connectivity index (χ4n) is 2.21. The molecular weight excluding hydrogens is 240 g/mol. The number of ether oxygens (including phenoxy) is 1. The lowest BCUT2D eigenvalue weighted by atomic mass is 10.2. The van der Waals surface area contributed by atoms with Crippen molar-refractivity contribution in [3.05, 3.63) is 11.4 Å². The largest absolute Gasteiger partial charge is 0.476 e. The molecule has 0 spiro atoms. The molecule has 2 N–H and O–H groups in total. The highest BCUT2D eigenvalue weighted by Gasteiger charge is 2.14. The number of anilines is 1. The highest BCUT2D eigenvalue weighted by Crippen LogP contribution is 2.22. The second kappa shape index (κ2) is 6.19. The number of nitrogens with zero attached hydrogens (tertiary/aromatic N) is 3. The van der Waals surface area contributed by atoms with Crippen LogP contribution in [-0.4, -0.2) is 41.1 Å². The van der Waals surface area contributed by atoms with Crippen molar-refractivity contribution in [3.63, 3.8) is 0 Å². The molecule has 2 rings (SSSR count). The Morgan fingerprint density at radius 1 is 1.26 bits per heavy atom. The molecule has 0 atom stereocenters. The molecule has 1 saturated heterocycles. The summed E-state index contributed by atoms with van der Waals surface area (Å²) in [5, 5.41) is 0. The molecule has 0 aliphatic carbocycles. The highest BCUT2D eigenvalue weighted by atomic mass is 16.5. The second-order valence-electron chi connectivity index (χ2n) is 5.45. The molecular formula is C14H24N4O. The quantitative estimate of drug-likeness (QED) is 0.880. The Morgan fingerprint density at radius 3 is 2.58 bits per heavy atom. The first-order chi connectivity index (χ1) is 9.08. The van der Waals surface area contributed by atoms with Crippen LogP contribution in [-0.2, 0) is 0 Å². The van der Waals surface area contributed by atoms with Crippen LogP contribution in [0.4, 0.5) is 5.82 Å². The lowest BCUT2D eigenvalue weighted by Gasteiger charge is -2.16. The van der Waals surface area contributed by atoms with Gasteiger partial charge in [0.15, 0.2) is 0 Å². The molecule has 1 aromatic heterocycles. The lowest BCUT2D eigenvalue weighted by molar-refractivity contribution is 0.230. The van der Waals surface area contributed by atoms with Crippen LogP contribution in [0, 0.1) is 6.92 Å². The average molecular weight is 264 g/mol. The first-order valence-corrected chi connectivity index (χ1v) is 7.07. The number of aromatic nitrogens is 2. The van der Waals surface area contributed by atoms with Gasteiger partial charge < -0.3 is 10.5 Å². The van der Waals surface area contributed by atoms with E-state index in [4.69, 9.17) is 10.5 Å². The molecule has 19 heavy (non-hydrogen) atoms. The molecule has 1 aromatic rings. The summed E-state index contributed by atoms with van der Waals surface area (Å²) in [5.41, 5.74) is 6.75. The molecule has 0 saturated carbocycles. The first kappa shape index (κ1) is 14.1. The summed E-state index contributed by atoms with van der Waals surface area (Å²) in [6.45, 7) is 10.0. The van der Waals surface area contributed by atoms with Crippen molar-refractivity contribution in [1.82, 2.24) is 14.9 Å². The van der Waals surface area contributed by atoms with E-state index in [9.17, 15) is 0 Å². The lowest BCUT2D eigenvalue weighted by Crippen LogP contribution is -2.25. The maximum Gasteiger partial charge on any atom is 0.221 e. The number of nitrogen functional groups attached to an aromatic ring is 1. The van der Waals surface area contributed by atoms with Crippen LogP contribution in [0.25, 0.3) is 0 Å². The van der Waals surface area contributed by atoms with Gasteiger partial charge in [0.05, 0.1) is 5.56 Å². The average Bonchev–Trinajstić information content (AvgIpc) is 2.87. The standard InChI is InChI=1S/C14H24N4O/c1-10(2)13-16-12(15)11(3)14(17-13)19-9-8-18-6-4-5-7-18/h10H,4-9H2,1-3H3,(H2,15,16,17). The van der Waals surface area contributed by atoms with Crippen molar-refractivity contribution in [2.75, 3.05) is 32.0 Å². The van der Waals surface area contributed by atoms with E-state index >= 15 is 0 Å². The topological polar surface area (TPSA) is 64.3 Å². The van der Waals surface area contributed by atoms with E-state index in [2.05, 4.69) is 28.7 Å². The third-order valence-electron chi connectivity index (χ3n) is 3.52. The Balaban J connectivity index is 1.98. The van der Waals surface area contributed by atoms with E-state index in [1.807, 2.05) is 6.92 Å². The summed E-state index contributed by atoms with van der Waals surface area (Å²) in [4.78, 5) is 11.2. The highest BCUT2D eigenvalue weighted by molar-refractivity contribution is 5.44. The van der Waals surface area contributed by atoms with Gasteiger partial charge in [-0.25, -0.2) is 4.98 Å². The summed E-state index contributed by atoms with van der Waals surface area (Å²) < 4.78 is 5.80. The summed E-state index contributed by atoms with van der Waals surface area (Å²) in [6.07, 6.45) is 2.61. The normalized spacial score (nSPS) is 16.2. The monoisotopic (exact) mass is 264 g/mol. The molecule has 106 valence electrons. The van der Waals surface area contributed by atoms with Crippen molar-refractivity contribution in [1.29, 1.82) is 0 Å². The molecule has 1 fully saturated rings. The van der Waals surface area contributed by atoms with E-state index in [0.717, 1.165) is 17.9 Å². The first-order valence-electron chi connectivity index (χ1n) is 7.07. The molecule has 0 aromatic carbocycles. The third kappa shape index (κ3) is 3.56. The number of rotatable bonds is 5. The van der Waals surface area contributed by atoms with Gasteiger partial charge in [-0.2, -0.15) is 4.98 Å². The van der Waals surface area contributed by atoms with Gasteiger partial charge in [0.25, 0.3) is 0 Å². The van der Waals surface area contributed by atoms with E-state index in [-0.39, 0.29) is 5.92 Å². The second-order valence-corrected chi connectivity index (χ2v) is 5.45. The maximum absolute atomic E-state index is 5.91. The van der Waals surface area contributed by atoms with Gasteiger partial charge in [0, 0.05) is 12.5 Å². The molecule has 1 aliphatic rings. The van der Waals surface area contributed by atoms with Crippen LogP contribution in [0.15, 0.2) is 0 Å². The summed E-state index contributed by atoms with van der Waals surface area (Å²) in [6, 6.07) is 0. The molecule has 0 bridgehead atoms. The van der Waals surface area contributed by atoms with Crippen molar-refractivity contribution in [2.24, 2.45) is 0 Å². The molecule has 5 heteroatoms. The van der Waals surface area contributed by atoms with Gasteiger partial charge in [0.1, 0.15) is 18.2 Å². The SMILES string of the molecule is Cc1c(N)nc(C(C)C)nc1OCCN1CCCC1. The van der Waals surface area contributed by atoms with Crippen LogP contribution in [0.1, 0.15) is 44.0 Å². The summed E-state index contributed by atoms with van der Waals surface area (Å²) in [5.74, 6) is 2.16. The van der Waals surface area contributed by atoms with Gasteiger partial charge in [-0.3, -0.25) is 4.90 Å². The fraction of sp³-hybridized carbons (Fsp3) is 0.714. The van der Waals surface area contributed by atoms with E-state index < -0.39 is 0 Å². The number of hydrogen-bond donors (Lipinski definition) is 1. The minimum absolute atomic E-state index is 0.254. The Bertz CT molecular complexity index is 428. The predicted molar refractivity (Wildman–Crippen MR) is 76.4 cm³/mol. The van der Waals surface area contributed by atoms with Crippen LogP contribution in [0.2, 0.25) is 0 Å². The number of hydrogen-bond acceptors (Lipinski definition) is 5. The Kier molecular flexibility index (Phi) is 4.58. The van der Waals surface area contributed by atoms with Gasteiger partial charge in [-0.15, -0.1) is 0 Å². The Hall–Kier alpha value is -1.36. The van der Waals surface area contributed by atoms with Crippen LogP contribution < -0.4 is 10.5 Å². The van der Waals surface area contributed by atoms with Crippen molar-refractivity contribution in [3.8, 4) is 5.88 Å². The van der Waals surface area contributed by atoms with Gasteiger partial charge in [-0.05, 0) is 32.9 Å². The minimum atomic E-state index is 0.254. The van der Waals surface area contributed by atoms with E-state index in [1.54, 1.807) is 0 Å². The molecule has 0 amide bonds. The Labute approximate surface area is 115 Å². The van der Waals surface area contributed by atoms with Crippen molar-refractivity contribution in [2.45, 2.75) is 39.5 Å².